The van der Waals surface area contributed by atoms with Crippen molar-refractivity contribution in [2.24, 2.45) is 0 Å². The number of carbonyl (C=O) groups is 2. The molecule has 0 heterocycles. The van der Waals surface area contributed by atoms with Crippen LogP contribution in [-0.4, -0.2) is 17.5 Å². The quantitative estimate of drug-likeness (QED) is 0.665. The van der Waals surface area contributed by atoms with Crippen molar-refractivity contribution in [1.29, 1.82) is 0 Å². The summed E-state index contributed by atoms with van der Waals surface area (Å²) in [6.07, 6.45) is 0.00289. The van der Waals surface area contributed by atoms with Gasteiger partial charge in [0.1, 0.15) is 12.2 Å². The van der Waals surface area contributed by atoms with E-state index >= 15 is 0 Å². The lowest BCUT2D eigenvalue weighted by molar-refractivity contribution is -0.153. The first kappa shape index (κ1) is 18.5. The summed E-state index contributed by atoms with van der Waals surface area (Å²) in [5.74, 6) is -0.915. The van der Waals surface area contributed by atoms with Gasteiger partial charge < -0.3 is 15.2 Å². The summed E-state index contributed by atoms with van der Waals surface area (Å²) in [5.41, 5.74) is 7.41. The van der Waals surface area contributed by atoms with Gasteiger partial charge in [-0.15, -0.1) is 0 Å². The number of ether oxygens (including phenoxy) is 2. The van der Waals surface area contributed by atoms with E-state index in [1.165, 1.54) is 0 Å². The molecule has 0 radical (unpaired) electrons. The molecule has 0 aliphatic rings. The summed E-state index contributed by atoms with van der Waals surface area (Å²) in [6, 6.07) is 14.3. The third-order valence-electron chi connectivity index (χ3n) is 3.38. The number of hydrogen-bond donors (Lipinski definition) is 1. The van der Waals surface area contributed by atoms with Gasteiger partial charge in [0.2, 0.25) is 0 Å². The number of benzene rings is 2. The average Bonchev–Trinajstić information content (AvgIpc) is 2.54. The minimum absolute atomic E-state index is 0.00289. The van der Waals surface area contributed by atoms with Gasteiger partial charge in [-0.1, -0.05) is 42.5 Å². The number of carbonyl (C=O) groups excluding carboxylic acids is 2. The van der Waals surface area contributed by atoms with E-state index in [9.17, 15) is 9.59 Å². The number of nitrogens with two attached hydrogens (primary N) is 1. The highest BCUT2D eigenvalue weighted by Crippen LogP contribution is 2.21. The molecule has 0 unspecified atom stereocenters. The predicted molar refractivity (Wildman–Crippen MR) is 96.0 cm³/mol. The van der Waals surface area contributed by atoms with Crippen LogP contribution in [0.2, 0.25) is 0 Å². The van der Waals surface area contributed by atoms with Crippen LogP contribution < -0.4 is 5.73 Å². The third-order valence-corrected chi connectivity index (χ3v) is 3.38. The SMILES string of the molecule is CC(C)(C)OC(=O)Cc1cccc(C(=O)OCc2ccccc2)c1N. The van der Waals surface area contributed by atoms with Crippen molar-refractivity contribution in [2.45, 2.75) is 39.4 Å². The maximum atomic E-state index is 12.3. The highest BCUT2D eigenvalue weighted by Gasteiger charge is 2.20. The topological polar surface area (TPSA) is 78.6 Å². The summed E-state index contributed by atoms with van der Waals surface area (Å²) in [6.45, 7) is 5.55. The molecule has 0 aliphatic carbocycles. The first-order valence-corrected chi connectivity index (χ1v) is 8.06. The van der Waals surface area contributed by atoms with Crippen LogP contribution in [0.25, 0.3) is 0 Å². The Kier molecular flexibility index (Phi) is 5.80. The molecule has 5 heteroatoms. The molecule has 2 aromatic rings. The zero-order valence-corrected chi connectivity index (χ0v) is 14.7. The Morgan fingerprint density at radius 3 is 2.32 bits per heavy atom. The second kappa shape index (κ2) is 7.83. The van der Waals surface area contributed by atoms with Crippen LogP contribution in [0.15, 0.2) is 48.5 Å². The van der Waals surface area contributed by atoms with Gasteiger partial charge in [0.25, 0.3) is 0 Å². The fourth-order valence-electron chi connectivity index (χ4n) is 2.28. The molecule has 5 nitrogen and oxygen atoms in total. The first-order valence-electron chi connectivity index (χ1n) is 8.06. The maximum Gasteiger partial charge on any atom is 0.340 e. The molecule has 0 saturated carbocycles. The maximum absolute atomic E-state index is 12.3. The Bertz CT molecular complexity index is 748. The number of rotatable bonds is 5. The predicted octanol–water partition coefficient (Wildman–Crippen LogP) is 3.51. The number of para-hydroxylation sites is 1. The average molecular weight is 341 g/mol. The summed E-state index contributed by atoms with van der Waals surface area (Å²) in [5, 5.41) is 0. The Hall–Kier alpha value is -2.82. The van der Waals surface area contributed by atoms with Gasteiger partial charge in [-0.3, -0.25) is 4.79 Å². The monoisotopic (exact) mass is 341 g/mol. The van der Waals surface area contributed by atoms with Crippen LogP contribution in [0, 0.1) is 0 Å². The Morgan fingerprint density at radius 1 is 1.00 bits per heavy atom. The molecule has 0 atom stereocenters. The van der Waals surface area contributed by atoms with E-state index < -0.39 is 17.5 Å². The Labute approximate surface area is 147 Å². The molecule has 25 heavy (non-hydrogen) atoms. The first-order chi connectivity index (χ1) is 11.8. The van der Waals surface area contributed by atoms with Crippen molar-refractivity contribution in [3.8, 4) is 0 Å². The molecule has 0 spiro atoms. The van der Waals surface area contributed by atoms with Gasteiger partial charge in [-0.2, -0.15) is 0 Å². The van der Waals surface area contributed by atoms with Crippen molar-refractivity contribution >= 4 is 17.6 Å². The van der Waals surface area contributed by atoms with Gasteiger partial charge in [0.15, 0.2) is 0 Å². The summed E-state index contributed by atoms with van der Waals surface area (Å²) < 4.78 is 10.6. The van der Waals surface area contributed by atoms with E-state index in [-0.39, 0.29) is 24.3 Å². The smallest absolute Gasteiger partial charge is 0.340 e. The van der Waals surface area contributed by atoms with Crippen molar-refractivity contribution in [3.63, 3.8) is 0 Å². The number of nitrogen functional groups attached to an aromatic ring is 1. The number of hydrogen-bond acceptors (Lipinski definition) is 5. The second-order valence-corrected chi connectivity index (χ2v) is 6.70. The fourth-order valence-corrected chi connectivity index (χ4v) is 2.28. The lowest BCUT2D eigenvalue weighted by Gasteiger charge is -2.20. The highest BCUT2D eigenvalue weighted by atomic mass is 16.6. The molecular formula is C20H23NO4. The van der Waals surface area contributed by atoms with Crippen molar-refractivity contribution in [2.75, 3.05) is 5.73 Å². The minimum atomic E-state index is -0.571. The Balaban J connectivity index is 2.06. The minimum Gasteiger partial charge on any atom is -0.460 e. The van der Waals surface area contributed by atoms with Gasteiger partial charge in [-0.05, 0) is 38.0 Å². The molecule has 0 fully saturated rings. The van der Waals surface area contributed by atoms with Crippen LogP contribution in [0.3, 0.4) is 0 Å². The molecule has 0 saturated heterocycles. The second-order valence-electron chi connectivity index (χ2n) is 6.70. The van der Waals surface area contributed by atoms with Crippen LogP contribution in [0.4, 0.5) is 5.69 Å². The van der Waals surface area contributed by atoms with E-state index in [2.05, 4.69) is 0 Å². The number of esters is 2. The van der Waals surface area contributed by atoms with E-state index in [0.29, 0.717) is 5.56 Å². The van der Waals surface area contributed by atoms with E-state index in [1.807, 2.05) is 30.3 Å². The van der Waals surface area contributed by atoms with E-state index in [0.717, 1.165) is 5.56 Å². The molecule has 2 N–H and O–H groups in total. The number of anilines is 1. The normalized spacial score (nSPS) is 11.0. The van der Waals surface area contributed by atoms with Crippen molar-refractivity contribution < 1.29 is 19.1 Å². The molecular weight excluding hydrogens is 318 g/mol. The largest absolute Gasteiger partial charge is 0.460 e. The van der Waals surface area contributed by atoms with Crippen LogP contribution >= 0.6 is 0 Å². The Morgan fingerprint density at radius 2 is 1.68 bits per heavy atom. The highest BCUT2D eigenvalue weighted by molar-refractivity contribution is 5.96. The third kappa shape index (κ3) is 5.64. The standard InChI is InChI=1S/C20H23NO4/c1-20(2,3)25-17(22)12-15-10-7-11-16(18(15)21)19(23)24-13-14-8-5-4-6-9-14/h4-11H,12-13,21H2,1-3H3. The van der Waals surface area contributed by atoms with Crippen LogP contribution in [-0.2, 0) is 27.3 Å². The fraction of sp³-hybridized carbons (Fsp3) is 0.300. The van der Waals surface area contributed by atoms with E-state index in [4.69, 9.17) is 15.2 Å². The zero-order valence-electron chi connectivity index (χ0n) is 14.7. The molecule has 0 aromatic heterocycles. The molecule has 0 aliphatic heterocycles. The van der Waals surface area contributed by atoms with Gasteiger partial charge in [0, 0.05) is 5.69 Å². The molecule has 0 amide bonds. The molecule has 2 aromatic carbocycles. The summed E-state index contributed by atoms with van der Waals surface area (Å²) in [4.78, 5) is 24.3. The molecule has 0 bridgehead atoms. The van der Waals surface area contributed by atoms with Gasteiger partial charge in [0.05, 0.1) is 12.0 Å². The van der Waals surface area contributed by atoms with Crippen LogP contribution in [0.1, 0.15) is 42.3 Å². The lowest BCUT2D eigenvalue weighted by Crippen LogP contribution is -2.25. The lowest BCUT2D eigenvalue weighted by atomic mass is 10.0. The van der Waals surface area contributed by atoms with Crippen molar-refractivity contribution in [3.05, 3.63) is 65.2 Å². The summed E-state index contributed by atoms with van der Waals surface area (Å²) in [7, 11) is 0. The molecule has 2 rings (SSSR count). The van der Waals surface area contributed by atoms with E-state index in [1.54, 1.807) is 39.0 Å². The van der Waals surface area contributed by atoms with Crippen LogP contribution in [0.5, 0.6) is 0 Å². The summed E-state index contributed by atoms with van der Waals surface area (Å²) >= 11 is 0. The molecule has 132 valence electrons. The zero-order chi connectivity index (χ0) is 18.4. The van der Waals surface area contributed by atoms with Gasteiger partial charge in [-0.25, -0.2) is 4.79 Å². The van der Waals surface area contributed by atoms with Crippen molar-refractivity contribution in [1.82, 2.24) is 0 Å². The van der Waals surface area contributed by atoms with Gasteiger partial charge >= 0.3 is 11.9 Å².